The maximum atomic E-state index is 10.7. The van der Waals surface area contributed by atoms with Gasteiger partial charge in [-0.2, -0.15) is 0 Å². The molecule has 1 atom stereocenters. The lowest BCUT2D eigenvalue weighted by molar-refractivity contribution is -0.475. The lowest BCUT2D eigenvalue weighted by atomic mass is 10.2. The number of rotatable bonds is 1. The van der Waals surface area contributed by atoms with Gasteiger partial charge in [0.05, 0.1) is 5.56 Å². The molecule has 0 bridgehead atoms. The van der Waals surface area contributed by atoms with Crippen LogP contribution in [0.2, 0.25) is 0 Å². The van der Waals surface area contributed by atoms with Gasteiger partial charge < -0.3 is 21.1 Å². The van der Waals surface area contributed by atoms with E-state index in [0.717, 1.165) is 0 Å². The van der Waals surface area contributed by atoms with Crippen molar-refractivity contribution in [3.05, 3.63) is 29.8 Å². The zero-order valence-corrected chi connectivity index (χ0v) is 7.80. The average Bonchev–Trinajstić information content (AvgIpc) is 2.03. The first kappa shape index (κ1) is 12.4. The predicted octanol–water partition coefficient (Wildman–Crippen LogP) is -0.975. The SMILES string of the molecule is CC([NH3+])O.O=C(O)c1ccccc1[O-]. The predicted molar refractivity (Wildman–Crippen MR) is 47.4 cm³/mol. The summed E-state index contributed by atoms with van der Waals surface area (Å²) >= 11 is 0. The normalized spacial score (nSPS) is 11.1. The third-order valence-corrected chi connectivity index (χ3v) is 1.12. The number of para-hydroxylation sites is 1. The number of quaternary nitrogens is 1. The number of aliphatic hydroxyl groups excluding tert-OH is 1. The first-order valence-electron chi connectivity index (χ1n) is 3.95. The highest BCUT2D eigenvalue weighted by Gasteiger charge is 1.99. The Bertz CT molecular complexity index is 296. The van der Waals surface area contributed by atoms with Crippen LogP contribution in [-0.4, -0.2) is 22.4 Å². The minimum absolute atomic E-state index is 0.178. The van der Waals surface area contributed by atoms with Gasteiger partial charge in [-0.1, -0.05) is 23.9 Å². The highest BCUT2D eigenvalue weighted by Crippen LogP contribution is 2.10. The maximum absolute atomic E-state index is 10.7. The molecular weight excluding hydrogens is 186 g/mol. The lowest BCUT2D eigenvalue weighted by Gasteiger charge is -2.07. The van der Waals surface area contributed by atoms with Crippen molar-refractivity contribution in [1.29, 1.82) is 0 Å². The Kier molecular flexibility index (Phi) is 5.28. The topological polar surface area (TPSA) is 108 Å². The van der Waals surface area contributed by atoms with Gasteiger partial charge in [0, 0.05) is 6.92 Å². The van der Waals surface area contributed by atoms with Gasteiger partial charge in [0.15, 0.2) is 6.23 Å². The molecule has 0 heterocycles. The van der Waals surface area contributed by atoms with Gasteiger partial charge in [-0.25, -0.2) is 4.79 Å². The van der Waals surface area contributed by atoms with E-state index < -0.39 is 17.9 Å². The fourth-order valence-electron chi connectivity index (χ4n) is 0.643. The summed E-state index contributed by atoms with van der Waals surface area (Å²) < 4.78 is 0. The Morgan fingerprint density at radius 1 is 1.50 bits per heavy atom. The van der Waals surface area contributed by atoms with E-state index >= 15 is 0 Å². The molecule has 0 saturated carbocycles. The molecule has 5 nitrogen and oxygen atoms in total. The van der Waals surface area contributed by atoms with Crippen LogP contribution in [0.25, 0.3) is 0 Å². The van der Waals surface area contributed by atoms with E-state index in [2.05, 4.69) is 5.73 Å². The average molecular weight is 199 g/mol. The molecule has 5 N–H and O–H groups in total. The minimum atomic E-state index is -1.18. The number of benzene rings is 1. The molecule has 0 aliphatic carbocycles. The summed E-state index contributed by atoms with van der Waals surface area (Å²) in [6.07, 6.45) is -0.417. The lowest BCUT2D eigenvalue weighted by Crippen LogP contribution is -2.58. The second kappa shape index (κ2) is 5.95. The fraction of sp³-hybridized carbons (Fsp3) is 0.222. The van der Waals surface area contributed by atoms with Crippen LogP contribution < -0.4 is 10.8 Å². The summed E-state index contributed by atoms with van der Waals surface area (Å²) in [5.74, 6) is -1.62. The molecule has 5 heteroatoms. The van der Waals surface area contributed by atoms with Crippen molar-refractivity contribution in [3.63, 3.8) is 0 Å². The van der Waals surface area contributed by atoms with Crippen LogP contribution in [0, 0.1) is 0 Å². The molecule has 14 heavy (non-hydrogen) atoms. The maximum Gasteiger partial charge on any atom is 0.335 e. The number of hydrogen-bond acceptors (Lipinski definition) is 3. The fourth-order valence-corrected chi connectivity index (χ4v) is 0.643. The summed E-state index contributed by atoms with van der Waals surface area (Å²) in [6.45, 7) is 1.61. The van der Waals surface area contributed by atoms with Gasteiger partial charge in [0.1, 0.15) is 0 Å². The van der Waals surface area contributed by atoms with E-state index in [1.165, 1.54) is 24.3 Å². The molecule has 0 aliphatic rings. The molecular formula is C9H13NO4. The van der Waals surface area contributed by atoms with Gasteiger partial charge in [0.2, 0.25) is 0 Å². The number of aliphatic hydroxyl groups is 1. The summed E-state index contributed by atoms with van der Waals surface area (Å²) in [6, 6.07) is 5.54. The molecule has 0 saturated heterocycles. The largest absolute Gasteiger partial charge is 0.872 e. The van der Waals surface area contributed by atoms with Gasteiger partial charge in [-0.05, 0) is 6.07 Å². The standard InChI is InChI=1S/C7H6O3.C2H7NO/c8-6-4-2-1-3-5(6)7(9)10;1-2(3)4/h1-4,8H,(H,9,10);2,4H,3H2,1H3. The zero-order chi connectivity index (χ0) is 11.1. The third kappa shape index (κ3) is 5.13. The van der Waals surface area contributed by atoms with Gasteiger partial charge in [-0.3, -0.25) is 0 Å². The first-order chi connectivity index (χ1) is 6.45. The Morgan fingerprint density at radius 3 is 2.21 bits per heavy atom. The molecule has 0 aliphatic heterocycles. The summed E-state index contributed by atoms with van der Waals surface area (Å²) in [7, 11) is 0. The highest BCUT2D eigenvalue weighted by atomic mass is 16.4. The van der Waals surface area contributed by atoms with Crippen LogP contribution in [0.15, 0.2) is 24.3 Å². The van der Waals surface area contributed by atoms with Crippen molar-refractivity contribution >= 4 is 5.97 Å². The number of carboxylic acid groups (broad SMARTS) is 1. The van der Waals surface area contributed by atoms with Crippen LogP contribution in [0.1, 0.15) is 17.3 Å². The van der Waals surface area contributed by atoms with Crippen LogP contribution >= 0.6 is 0 Å². The summed E-state index contributed by atoms with van der Waals surface area (Å²) in [4.78, 5) is 10.2. The molecule has 0 amide bonds. The quantitative estimate of drug-likeness (QED) is 0.505. The monoisotopic (exact) mass is 199 g/mol. The number of hydrogen-bond donors (Lipinski definition) is 3. The molecule has 0 radical (unpaired) electrons. The van der Waals surface area contributed by atoms with E-state index in [4.69, 9.17) is 10.2 Å². The molecule has 1 aromatic rings. The van der Waals surface area contributed by atoms with Crippen molar-refractivity contribution in [2.24, 2.45) is 0 Å². The molecule has 1 rings (SSSR count). The first-order valence-corrected chi connectivity index (χ1v) is 3.95. The second-order valence-corrected chi connectivity index (χ2v) is 2.65. The Labute approximate surface area is 81.4 Å². The number of aromatic carboxylic acids is 1. The van der Waals surface area contributed by atoms with Gasteiger partial charge in [0.25, 0.3) is 0 Å². The van der Waals surface area contributed by atoms with E-state index in [-0.39, 0.29) is 5.56 Å². The molecule has 78 valence electrons. The van der Waals surface area contributed by atoms with Crippen LogP contribution in [0.5, 0.6) is 5.75 Å². The van der Waals surface area contributed by atoms with Crippen LogP contribution in [-0.2, 0) is 0 Å². The van der Waals surface area contributed by atoms with Gasteiger partial charge in [-0.15, -0.1) is 0 Å². The van der Waals surface area contributed by atoms with E-state index in [1.54, 1.807) is 6.92 Å². The summed E-state index contributed by atoms with van der Waals surface area (Å²) in [5.41, 5.74) is 3.02. The van der Waals surface area contributed by atoms with E-state index in [0.29, 0.717) is 0 Å². The zero-order valence-electron chi connectivity index (χ0n) is 7.80. The third-order valence-electron chi connectivity index (χ3n) is 1.12. The smallest absolute Gasteiger partial charge is 0.335 e. The molecule has 1 aromatic carbocycles. The molecule has 1 unspecified atom stereocenters. The minimum Gasteiger partial charge on any atom is -0.872 e. The van der Waals surface area contributed by atoms with Crippen molar-refractivity contribution in [1.82, 2.24) is 0 Å². The highest BCUT2D eigenvalue weighted by molar-refractivity contribution is 5.90. The Balaban J connectivity index is 0.000000364. The van der Waals surface area contributed by atoms with Gasteiger partial charge >= 0.3 is 5.97 Å². The second-order valence-electron chi connectivity index (χ2n) is 2.65. The van der Waals surface area contributed by atoms with Crippen molar-refractivity contribution < 1.29 is 25.8 Å². The molecule has 0 fully saturated rings. The Morgan fingerprint density at radius 2 is 1.93 bits per heavy atom. The van der Waals surface area contributed by atoms with Crippen molar-refractivity contribution in [3.8, 4) is 5.75 Å². The van der Waals surface area contributed by atoms with Crippen LogP contribution in [0.3, 0.4) is 0 Å². The molecule has 0 spiro atoms. The number of carbonyl (C=O) groups is 1. The van der Waals surface area contributed by atoms with E-state index in [1.807, 2.05) is 0 Å². The van der Waals surface area contributed by atoms with Crippen molar-refractivity contribution in [2.45, 2.75) is 13.2 Å². The Hall–Kier alpha value is -1.59. The number of carboxylic acids is 1. The summed E-state index contributed by atoms with van der Waals surface area (Å²) in [5, 5.41) is 27.0. The van der Waals surface area contributed by atoms with Crippen molar-refractivity contribution in [2.75, 3.05) is 0 Å². The molecule has 0 aromatic heterocycles. The van der Waals surface area contributed by atoms with Crippen LogP contribution in [0.4, 0.5) is 0 Å². The van der Waals surface area contributed by atoms with E-state index in [9.17, 15) is 9.90 Å².